The Balaban J connectivity index is 2.99. The van der Waals surface area contributed by atoms with Gasteiger partial charge in [0, 0.05) is 11.8 Å². The molecule has 0 radical (unpaired) electrons. The van der Waals surface area contributed by atoms with Crippen molar-refractivity contribution in [3.05, 3.63) is 28.3 Å². The van der Waals surface area contributed by atoms with Crippen molar-refractivity contribution in [3.63, 3.8) is 0 Å². The van der Waals surface area contributed by atoms with E-state index in [0.717, 1.165) is 5.69 Å². The van der Waals surface area contributed by atoms with Gasteiger partial charge in [0.2, 0.25) is 0 Å². The fraction of sp³-hybridized carbons (Fsp3) is 0.143. The number of fused-ring (bicyclic) bond motifs is 1. The van der Waals surface area contributed by atoms with Crippen molar-refractivity contribution < 1.29 is 0 Å². The topological polar surface area (TPSA) is 76.2 Å². The van der Waals surface area contributed by atoms with Crippen molar-refractivity contribution in [1.82, 2.24) is 14.6 Å². The Hall–Kier alpha value is -1.78. The maximum absolute atomic E-state index is 11.3. The molecule has 12 heavy (non-hydrogen) atoms. The zero-order valence-electron chi connectivity index (χ0n) is 6.53. The molecule has 0 atom stereocenters. The lowest BCUT2D eigenvalue weighted by molar-refractivity contribution is 0.884. The first-order chi connectivity index (χ1) is 5.68. The van der Waals surface area contributed by atoms with Crippen LogP contribution in [0.1, 0.15) is 5.69 Å². The Labute approximate surface area is 67.8 Å². The lowest BCUT2D eigenvalue weighted by Crippen LogP contribution is -2.18. The number of aryl methyl sites for hydroxylation is 1. The number of nitrogens with one attached hydrogen (secondary N) is 1. The smallest absolute Gasteiger partial charge is 0.295 e. The summed E-state index contributed by atoms with van der Waals surface area (Å²) in [5.41, 5.74) is 6.74. The van der Waals surface area contributed by atoms with Crippen LogP contribution in [0.4, 0.5) is 5.69 Å². The molecule has 2 rings (SSSR count). The highest BCUT2D eigenvalue weighted by Crippen LogP contribution is 1.99. The number of nitrogens with zero attached hydrogens (tertiary/aromatic N) is 2. The van der Waals surface area contributed by atoms with E-state index in [1.807, 2.05) is 6.92 Å². The van der Waals surface area contributed by atoms with Crippen LogP contribution in [0.25, 0.3) is 5.65 Å². The molecule has 2 heterocycles. The number of rotatable bonds is 0. The number of nitrogen functional groups attached to an aromatic ring is 1. The Bertz CT molecular complexity index is 482. The van der Waals surface area contributed by atoms with Crippen LogP contribution in [0.3, 0.4) is 0 Å². The van der Waals surface area contributed by atoms with Gasteiger partial charge in [0.15, 0.2) is 5.65 Å². The van der Waals surface area contributed by atoms with E-state index in [9.17, 15) is 4.79 Å². The molecule has 0 bridgehead atoms. The summed E-state index contributed by atoms with van der Waals surface area (Å²) >= 11 is 0. The summed E-state index contributed by atoms with van der Waals surface area (Å²) in [5.74, 6) is 0. The molecule has 0 unspecified atom stereocenters. The van der Waals surface area contributed by atoms with E-state index in [4.69, 9.17) is 5.73 Å². The van der Waals surface area contributed by atoms with Gasteiger partial charge in [-0.25, -0.2) is 4.98 Å². The summed E-state index contributed by atoms with van der Waals surface area (Å²) in [6.45, 7) is 1.85. The number of anilines is 1. The summed E-state index contributed by atoms with van der Waals surface area (Å²) in [7, 11) is 0. The van der Waals surface area contributed by atoms with Gasteiger partial charge >= 0.3 is 0 Å². The van der Waals surface area contributed by atoms with Gasteiger partial charge in [0.05, 0.1) is 6.20 Å². The second-order valence-electron chi connectivity index (χ2n) is 2.65. The Morgan fingerprint density at radius 2 is 2.42 bits per heavy atom. The van der Waals surface area contributed by atoms with Crippen LogP contribution in [-0.2, 0) is 0 Å². The van der Waals surface area contributed by atoms with E-state index in [2.05, 4.69) is 10.1 Å². The van der Waals surface area contributed by atoms with Crippen molar-refractivity contribution in [1.29, 1.82) is 0 Å². The molecule has 0 aliphatic rings. The minimum absolute atomic E-state index is 0.148. The van der Waals surface area contributed by atoms with E-state index in [1.165, 1.54) is 10.7 Å². The third kappa shape index (κ3) is 0.795. The molecule has 0 aliphatic carbocycles. The molecule has 0 saturated heterocycles. The van der Waals surface area contributed by atoms with Gasteiger partial charge in [-0.1, -0.05) is 0 Å². The number of H-pyrrole nitrogens is 1. The van der Waals surface area contributed by atoms with Crippen LogP contribution in [0.5, 0.6) is 0 Å². The van der Waals surface area contributed by atoms with E-state index in [-0.39, 0.29) is 11.2 Å². The minimum atomic E-state index is -0.256. The van der Waals surface area contributed by atoms with Crippen molar-refractivity contribution in [2.45, 2.75) is 6.92 Å². The monoisotopic (exact) mass is 164 g/mol. The fourth-order valence-corrected chi connectivity index (χ4v) is 1.09. The normalized spacial score (nSPS) is 10.8. The molecule has 0 spiro atoms. The average Bonchev–Trinajstić information content (AvgIpc) is 2.39. The predicted octanol–water partition coefficient (Wildman–Crippen LogP) is -0.0868. The number of aromatic amines is 1. The maximum atomic E-state index is 11.3. The summed E-state index contributed by atoms with van der Waals surface area (Å²) in [5, 5.41) is 2.83. The van der Waals surface area contributed by atoms with Gasteiger partial charge in [-0.15, -0.1) is 0 Å². The number of hydrogen-bond acceptors (Lipinski definition) is 3. The Morgan fingerprint density at radius 3 is 3.17 bits per heavy atom. The van der Waals surface area contributed by atoms with Gasteiger partial charge in [-0.3, -0.25) is 9.89 Å². The summed E-state index contributed by atoms with van der Waals surface area (Å²) < 4.78 is 1.32. The summed E-state index contributed by atoms with van der Waals surface area (Å²) in [6.07, 6.45) is 1.37. The van der Waals surface area contributed by atoms with Crippen molar-refractivity contribution in [2.75, 3.05) is 5.73 Å². The van der Waals surface area contributed by atoms with Crippen LogP contribution in [0, 0.1) is 6.92 Å². The van der Waals surface area contributed by atoms with Gasteiger partial charge in [0.1, 0.15) is 5.69 Å². The van der Waals surface area contributed by atoms with E-state index < -0.39 is 0 Å². The van der Waals surface area contributed by atoms with Crippen LogP contribution in [0.15, 0.2) is 17.1 Å². The second kappa shape index (κ2) is 2.10. The number of aromatic nitrogens is 3. The molecule has 0 aliphatic heterocycles. The van der Waals surface area contributed by atoms with Crippen molar-refractivity contribution in [2.24, 2.45) is 0 Å². The lowest BCUT2D eigenvalue weighted by Gasteiger charge is -1.92. The minimum Gasteiger partial charge on any atom is -0.393 e. The van der Waals surface area contributed by atoms with Crippen molar-refractivity contribution in [3.8, 4) is 0 Å². The van der Waals surface area contributed by atoms with Gasteiger partial charge in [-0.05, 0) is 6.92 Å². The first-order valence-electron chi connectivity index (χ1n) is 3.51. The summed E-state index contributed by atoms with van der Waals surface area (Å²) in [6, 6.07) is 1.78. The maximum Gasteiger partial charge on any atom is 0.295 e. The molecule has 2 aromatic heterocycles. The molecular weight excluding hydrogens is 156 g/mol. The van der Waals surface area contributed by atoms with Crippen LogP contribution >= 0.6 is 0 Å². The molecule has 62 valence electrons. The molecule has 0 amide bonds. The highest BCUT2D eigenvalue weighted by Gasteiger charge is 2.02. The third-order valence-electron chi connectivity index (χ3n) is 1.65. The highest BCUT2D eigenvalue weighted by atomic mass is 16.1. The standard InChI is InChI=1S/C7H8N4O/c1-4-2-6-9-3-5(8)7(12)11(6)10-4/h2-3,10H,8H2,1H3. The largest absolute Gasteiger partial charge is 0.393 e. The van der Waals surface area contributed by atoms with E-state index in [1.54, 1.807) is 6.07 Å². The molecule has 3 N–H and O–H groups in total. The van der Waals surface area contributed by atoms with Gasteiger partial charge < -0.3 is 5.73 Å². The third-order valence-corrected chi connectivity index (χ3v) is 1.65. The summed E-state index contributed by atoms with van der Waals surface area (Å²) in [4.78, 5) is 15.3. The lowest BCUT2D eigenvalue weighted by atomic mass is 10.5. The van der Waals surface area contributed by atoms with E-state index >= 15 is 0 Å². The molecule has 0 fully saturated rings. The predicted molar refractivity (Wildman–Crippen MR) is 45.0 cm³/mol. The quantitative estimate of drug-likeness (QED) is 0.571. The molecule has 0 aromatic carbocycles. The van der Waals surface area contributed by atoms with Crippen molar-refractivity contribution >= 4 is 11.3 Å². The molecule has 5 nitrogen and oxygen atoms in total. The SMILES string of the molecule is Cc1cc2ncc(N)c(=O)n2[nH]1. The number of nitrogens with two attached hydrogens (primary N) is 1. The zero-order chi connectivity index (χ0) is 8.72. The first-order valence-corrected chi connectivity index (χ1v) is 3.51. The molecule has 0 saturated carbocycles. The van der Waals surface area contributed by atoms with Crippen LogP contribution in [0.2, 0.25) is 0 Å². The van der Waals surface area contributed by atoms with Crippen LogP contribution in [-0.4, -0.2) is 14.6 Å². The fourth-order valence-electron chi connectivity index (χ4n) is 1.09. The Morgan fingerprint density at radius 1 is 1.67 bits per heavy atom. The van der Waals surface area contributed by atoms with E-state index in [0.29, 0.717) is 5.65 Å². The zero-order valence-corrected chi connectivity index (χ0v) is 6.53. The van der Waals surface area contributed by atoms with Crippen LogP contribution < -0.4 is 11.3 Å². The first kappa shape index (κ1) is 6.90. The molecule has 5 heteroatoms. The Kier molecular flexibility index (Phi) is 1.21. The number of hydrogen-bond donors (Lipinski definition) is 2. The van der Waals surface area contributed by atoms with Gasteiger partial charge in [0.25, 0.3) is 5.56 Å². The second-order valence-corrected chi connectivity index (χ2v) is 2.65. The molecular formula is C7H8N4O. The van der Waals surface area contributed by atoms with Gasteiger partial charge in [-0.2, -0.15) is 4.52 Å². The highest BCUT2D eigenvalue weighted by molar-refractivity contribution is 5.44. The average molecular weight is 164 g/mol. The molecule has 2 aromatic rings.